The highest BCUT2D eigenvalue weighted by Gasteiger charge is 2.28. The zero-order valence-corrected chi connectivity index (χ0v) is 60.1. The third-order valence-electron chi connectivity index (χ3n) is 22.1. The van der Waals surface area contributed by atoms with Crippen molar-refractivity contribution in [1.82, 2.24) is 18.3 Å². The Bertz CT molecular complexity index is 6960. The summed E-state index contributed by atoms with van der Waals surface area (Å²) in [5.74, 6) is 0. The summed E-state index contributed by atoms with van der Waals surface area (Å²) < 4.78 is 9.94. The molecule has 0 amide bonds. The molecule has 0 aliphatic heterocycles. The first-order chi connectivity index (χ1) is 54.6. The van der Waals surface area contributed by atoms with E-state index in [4.69, 9.17) is 0 Å². The summed E-state index contributed by atoms with van der Waals surface area (Å²) in [5.41, 5.74) is 25.6. The Balaban J connectivity index is 0.000000143. The molecule has 6 nitrogen and oxygen atoms in total. The van der Waals surface area contributed by atoms with Crippen LogP contribution in [0.15, 0.2) is 425 Å². The fourth-order valence-corrected chi connectivity index (χ4v) is 17.3. The van der Waals surface area contributed by atoms with Gasteiger partial charge >= 0.3 is 0 Å². The van der Waals surface area contributed by atoms with Gasteiger partial charge < -0.3 is 28.1 Å². The first kappa shape index (κ1) is 63.7. The molecule has 4 aromatic heterocycles. The lowest BCUT2D eigenvalue weighted by atomic mass is 9.98. The molecule has 4 heterocycles. The van der Waals surface area contributed by atoms with E-state index in [0.29, 0.717) is 0 Å². The second kappa shape index (κ2) is 26.7. The van der Waals surface area contributed by atoms with Crippen LogP contribution in [-0.2, 0) is 0 Å². The maximum Gasteiger partial charge on any atom is 0.0804 e. The quantitative estimate of drug-likeness (QED) is 0.122. The van der Waals surface area contributed by atoms with Gasteiger partial charge in [-0.15, -0.1) is 0 Å². The summed E-state index contributed by atoms with van der Waals surface area (Å²) in [6.07, 6.45) is 0. The third kappa shape index (κ3) is 10.6. The summed E-state index contributed by atoms with van der Waals surface area (Å²) in [6, 6.07) is 154. The van der Waals surface area contributed by atoms with Crippen molar-refractivity contribution in [2.75, 3.05) is 9.80 Å². The van der Waals surface area contributed by atoms with Gasteiger partial charge in [-0.3, -0.25) is 0 Å². The fraction of sp³-hybridized carbons (Fsp3) is 0. The molecular formula is C104H70N6. The number of hydrogen-bond acceptors (Lipinski definition) is 2. The molecule has 0 aliphatic carbocycles. The molecule has 0 unspecified atom stereocenters. The van der Waals surface area contributed by atoms with Crippen LogP contribution >= 0.6 is 0 Å². The molecule has 516 valence electrons. The Morgan fingerprint density at radius 2 is 0.436 bits per heavy atom. The average Bonchev–Trinajstić information content (AvgIpc) is 1.54. The van der Waals surface area contributed by atoms with Gasteiger partial charge in [-0.1, -0.05) is 291 Å². The van der Waals surface area contributed by atoms with Crippen LogP contribution in [0, 0.1) is 0 Å². The number of anilines is 6. The van der Waals surface area contributed by atoms with Crippen molar-refractivity contribution in [1.29, 1.82) is 0 Å². The van der Waals surface area contributed by atoms with Crippen molar-refractivity contribution >= 4 is 143 Å². The number of rotatable bonds is 12. The molecule has 22 rings (SSSR count). The van der Waals surface area contributed by atoms with Gasteiger partial charge in [0, 0.05) is 77.8 Å². The lowest BCUT2D eigenvalue weighted by Gasteiger charge is -2.25. The molecule has 0 bridgehead atoms. The van der Waals surface area contributed by atoms with E-state index in [-0.39, 0.29) is 0 Å². The van der Waals surface area contributed by atoms with Gasteiger partial charge in [0.1, 0.15) is 0 Å². The number of fused-ring (bicyclic) bond motifs is 14. The molecule has 110 heavy (non-hydrogen) atoms. The van der Waals surface area contributed by atoms with Crippen molar-refractivity contribution in [3.05, 3.63) is 425 Å². The minimum Gasteiger partial charge on any atom is -0.310 e. The number of hydrogen-bond donors (Lipinski definition) is 0. The first-order valence-electron chi connectivity index (χ1n) is 37.7. The number of nitrogens with zero attached hydrogens (tertiary/aromatic N) is 6. The van der Waals surface area contributed by atoms with E-state index in [2.05, 4.69) is 453 Å². The van der Waals surface area contributed by atoms with Gasteiger partial charge in [0.05, 0.1) is 55.5 Å². The predicted molar refractivity (Wildman–Crippen MR) is 465 cm³/mol. The Morgan fingerprint density at radius 1 is 0.164 bits per heavy atom. The van der Waals surface area contributed by atoms with Crippen LogP contribution in [0.2, 0.25) is 0 Å². The highest BCUT2D eigenvalue weighted by Crippen LogP contribution is 2.48. The molecule has 0 saturated carbocycles. The van der Waals surface area contributed by atoms with E-state index in [1.165, 1.54) is 137 Å². The maximum atomic E-state index is 2.50. The fourth-order valence-electron chi connectivity index (χ4n) is 17.3. The SMILES string of the molecule is c1ccc(N(c2ccccc2)c2ccc3c(c2)c2c(c4ccccc4n2-c2ccc(-c4cccc5ccccc45)cc2)n3-c2ccc(-c3cccc4ccccc34)cc2)cc1.c1ccc(N(c2ccccc2)c2ccc3c(c2)c2c(c4ccccc4n2-c2cccc4ccccc24)n3-c2cccc3ccccc23)cc1. The minimum absolute atomic E-state index is 1.10. The summed E-state index contributed by atoms with van der Waals surface area (Å²) in [4.78, 5) is 4.71. The van der Waals surface area contributed by atoms with Crippen LogP contribution in [0.3, 0.4) is 0 Å². The van der Waals surface area contributed by atoms with Gasteiger partial charge in [0.2, 0.25) is 0 Å². The van der Waals surface area contributed by atoms with Gasteiger partial charge in [-0.25, -0.2) is 0 Å². The molecule has 6 heteroatoms. The van der Waals surface area contributed by atoms with Crippen LogP contribution < -0.4 is 9.80 Å². The van der Waals surface area contributed by atoms with Gasteiger partial charge in [-0.05, 0) is 188 Å². The number of aromatic nitrogens is 4. The number of para-hydroxylation sites is 6. The maximum absolute atomic E-state index is 2.50. The van der Waals surface area contributed by atoms with Crippen LogP contribution in [0.4, 0.5) is 34.1 Å². The average molecular weight is 1400 g/mol. The van der Waals surface area contributed by atoms with Crippen molar-refractivity contribution < 1.29 is 0 Å². The molecule has 0 atom stereocenters. The summed E-state index contributed by atoms with van der Waals surface area (Å²) in [7, 11) is 0. The van der Waals surface area contributed by atoms with E-state index in [9.17, 15) is 0 Å². The molecule has 0 N–H and O–H groups in total. The molecule has 0 fully saturated rings. The first-order valence-corrected chi connectivity index (χ1v) is 37.7. The third-order valence-corrected chi connectivity index (χ3v) is 22.1. The molecule has 0 saturated heterocycles. The predicted octanol–water partition coefficient (Wildman–Crippen LogP) is 28.3. The van der Waals surface area contributed by atoms with E-state index in [1.54, 1.807) is 0 Å². The van der Waals surface area contributed by atoms with Crippen LogP contribution in [0.1, 0.15) is 0 Å². The van der Waals surface area contributed by atoms with Crippen LogP contribution in [0.5, 0.6) is 0 Å². The standard InChI is InChI=1S/C58H39N3.C46H31N3/c1-3-19-44(20-4-1)59(45-21-5-2-6-22-45)48-37-38-56-54(39-48)58-57(61(56)47-35-31-43(32-36-47)52-27-14-18-41-16-8-10-24-50(41)52)53-25-11-12-28-55(53)60(58)46-33-29-42(30-34-46)51-26-13-17-40-15-7-9-23-49(40)51;1-3-19-34(20-4-1)47(35-21-5-2-6-22-35)36-29-30-44-40(31-36)46-45(49(44)42-28-14-18-33-16-8-10-24-38(33)42)39-25-11-12-26-43(39)48(46)41-27-13-17-32-15-7-9-23-37(32)41/h1-39H;1-31H. The zero-order chi connectivity index (χ0) is 72.6. The van der Waals surface area contributed by atoms with Crippen molar-refractivity contribution in [3.8, 4) is 45.0 Å². The van der Waals surface area contributed by atoms with E-state index < -0.39 is 0 Å². The molecule has 0 spiro atoms. The second-order valence-corrected chi connectivity index (χ2v) is 28.3. The topological polar surface area (TPSA) is 26.2 Å². The summed E-state index contributed by atoms with van der Waals surface area (Å²) >= 11 is 0. The largest absolute Gasteiger partial charge is 0.310 e. The van der Waals surface area contributed by atoms with Crippen LogP contribution in [-0.4, -0.2) is 18.3 Å². The van der Waals surface area contributed by atoms with E-state index in [0.717, 1.165) is 51.0 Å². The monoisotopic (exact) mass is 1400 g/mol. The summed E-state index contributed by atoms with van der Waals surface area (Å²) in [5, 5.41) is 14.7. The lowest BCUT2D eigenvalue weighted by Crippen LogP contribution is -2.09. The highest BCUT2D eigenvalue weighted by molar-refractivity contribution is 6.23. The molecule has 18 aromatic carbocycles. The normalized spacial score (nSPS) is 11.6. The van der Waals surface area contributed by atoms with Gasteiger partial charge in [0.25, 0.3) is 0 Å². The molecular weight excluding hydrogens is 1330 g/mol. The van der Waals surface area contributed by atoms with Crippen LogP contribution in [0.25, 0.3) is 154 Å². The molecule has 0 radical (unpaired) electrons. The Morgan fingerprint density at radius 3 is 0.836 bits per heavy atom. The molecule has 22 aromatic rings. The zero-order valence-electron chi connectivity index (χ0n) is 60.1. The lowest BCUT2D eigenvalue weighted by molar-refractivity contribution is 1.17. The van der Waals surface area contributed by atoms with Crippen molar-refractivity contribution in [2.24, 2.45) is 0 Å². The van der Waals surface area contributed by atoms with E-state index in [1.807, 2.05) is 0 Å². The highest BCUT2D eigenvalue weighted by atomic mass is 15.2. The Labute approximate surface area is 636 Å². The van der Waals surface area contributed by atoms with Gasteiger partial charge in [-0.2, -0.15) is 0 Å². The van der Waals surface area contributed by atoms with Crippen molar-refractivity contribution in [2.45, 2.75) is 0 Å². The van der Waals surface area contributed by atoms with E-state index >= 15 is 0 Å². The smallest absolute Gasteiger partial charge is 0.0804 e. The van der Waals surface area contributed by atoms with Gasteiger partial charge in [0.15, 0.2) is 0 Å². The minimum atomic E-state index is 1.10. The Hall–Kier alpha value is -14.7. The number of benzene rings is 18. The molecule has 0 aliphatic rings. The summed E-state index contributed by atoms with van der Waals surface area (Å²) in [6.45, 7) is 0. The second-order valence-electron chi connectivity index (χ2n) is 28.3. The van der Waals surface area contributed by atoms with Crippen molar-refractivity contribution in [3.63, 3.8) is 0 Å². The Kier molecular flexibility index (Phi) is 15.5.